The van der Waals surface area contributed by atoms with E-state index in [9.17, 15) is 13.2 Å². The van der Waals surface area contributed by atoms with Crippen molar-refractivity contribution < 1.29 is 13.2 Å². The Morgan fingerprint density at radius 1 is 1.38 bits per heavy atom. The highest BCUT2D eigenvalue weighted by Crippen LogP contribution is 2.09. The number of rotatable bonds is 3. The average molecular weight is 190 g/mol. The molecule has 1 aromatic rings. The van der Waals surface area contributed by atoms with Gasteiger partial charge in [0.15, 0.2) is 0 Å². The lowest BCUT2D eigenvalue weighted by molar-refractivity contribution is 0.130. The molecule has 0 bridgehead atoms. The molecule has 0 saturated carbocycles. The molecule has 1 aromatic heterocycles. The number of alkyl halides is 2. The quantitative estimate of drug-likeness (QED) is 0.790. The van der Waals surface area contributed by atoms with Gasteiger partial charge in [-0.2, -0.15) is 0 Å². The Kier molecular flexibility index (Phi) is 3.11. The molecule has 0 aliphatic heterocycles. The lowest BCUT2D eigenvalue weighted by atomic mass is 10.3. The second-order valence-corrected chi connectivity index (χ2v) is 2.63. The van der Waals surface area contributed by atoms with Gasteiger partial charge in [0.05, 0.1) is 12.2 Å². The average Bonchev–Trinajstić information content (AvgIpc) is 2.08. The maximum atomic E-state index is 12.3. The van der Waals surface area contributed by atoms with Crippen molar-refractivity contribution in [2.75, 3.05) is 5.32 Å². The van der Waals surface area contributed by atoms with Gasteiger partial charge in [0.2, 0.25) is 0 Å². The van der Waals surface area contributed by atoms with Crippen LogP contribution < -0.4 is 5.32 Å². The van der Waals surface area contributed by atoms with Gasteiger partial charge in [-0.05, 0) is 19.1 Å². The van der Waals surface area contributed by atoms with Gasteiger partial charge >= 0.3 is 0 Å². The molecule has 0 aromatic carbocycles. The van der Waals surface area contributed by atoms with Crippen molar-refractivity contribution in [3.8, 4) is 0 Å². The SMILES string of the molecule is CC(Nc1ccc(F)cn1)C(F)F. The van der Waals surface area contributed by atoms with Crippen LogP contribution in [0.15, 0.2) is 18.3 Å². The number of anilines is 1. The highest BCUT2D eigenvalue weighted by atomic mass is 19.3. The number of nitrogens with one attached hydrogen (secondary N) is 1. The second kappa shape index (κ2) is 4.11. The van der Waals surface area contributed by atoms with Crippen molar-refractivity contribution in [2.45, 2.75) is 19.4 Å². The molecule has 1 unspecified atom stereocenters. The zero-order valence-corrected chi connectivity index (χ0v) is 6.97. The summed E-state index contributed by atoms with van der Waals surface area (Å²) in [7, 11) is 0. The van der Waals surface area contributed by atoms with Crippen LogP contribution in [0.5, 0.6) is 0 Å². The third-order valence-electron chi connectivity index (χ3n) is 1.48. The predicted octanol–water partition coefficient (Wildman–Crippen LogP) is 2.29. The van der Waals surface area contributed by atoms with E-state index in [1.165, 1.54) is 13.0 Å². The van der Waals surface area contributed by atoms with Crippen LogP contribution in [0.1, 0.15) is 6.92 Å². The third-order valence-corrected chi connectivity index (χ3v) is 1.48. The van der Waals surface area contributed by atoms with E-state index in [2.05, 4.69) is 10.3 Å². The minimum atomic E-state index is -2.47. The van der Waals surface area contributed by atoms with E-state index in [0.717, 1.165) is 12.3 Å². The molecule has 2 nitrogen and oxygen atoms in total. The molecular formula is C8H9F3N2. The number of nitrogens with zero attached hydrogens (tertiary/aromatic N) is 1. The van der Waals surface area contributed by atoms with Crippen molar-refractivity contribution in [1.82, 2.24) is 4.98 Å². The number of hydrogen-bond acceptors (Lipinski definition) is 2. The molecule has 0 aliphatic carbocycles. The van der Waals surface area contributed by atoms with E-state index >= 15 is 0 Å². The fraction of sp³-hybridized carbons (Fsp3) is 0.375. The van der Waals surface area contributed by atoms with E-state index in [-0.39, 0.29) is 5.82 Å². The van der Waals surface area contributed by atoms with Crippen LogP contribution in [0.3, 0.4) is 0 Å². The van der Waals surface area contributed by atoms with Gasteiger partial charge in [0.25, 0.3) is 6.43 Å². The number of pyridine rings is 1. The molecule has 0 aliphatic rings. The van der Waals surface area contributed by atoms with Crippen molar-refractivity contribution in [1.29, 1.82) is 0 Å². The molecule has 0 amide bonds. The van der Waals surface area contributed by atoms with Gasteiger partial charge in [-0.3, -0.25) is 0 Å². The molecule has 1 N–H and O–H groups in total. The van der Waals surface area contributed by atoms with E-state index in [1.807, 2.05) is 0 Å². The van der Waals surface area contributed by atoms with Gasteiger partial charge in [-0.25, -0.2) is 18.2 Å². The summed E-state index contributed by atoms with van der Waals surface area (Å²) in [4.78, 5) is 3.58. The number of aromatic nitrogens is 1. The molecule has 0 radical (unpaired) electrons. The summed E-state index contributed by atoms with van der Waals surface area (Å²) in [5, 5.41) is 2.44. The molecule has 72 valence electrons. The van der Waals surface area contributed by atoms with Crippen LogP contribution in [0.25, 0.3) is 0 Å². The molecular weight excluding hydrogens is 181 g/mol. The second-order valence-electron chi connectivity index (χ2n) is 2.63. The first-order valence-electron chi connectivity index (χ1n) is 3.76. The van der Waals surface area contributed by atoms with E-state index < -0.39 is 18.3 Å². The lowest BCUT2D eigenvalue weighted by Crippen LogP contribution is -2.24. The summed E-state index contributed by atoms with van der Waals surface area (Å²) < 4.78 is 36.4. The molecule has 0 spiro atoms. The molecule has 1 rings (SSSR count). The van der Waals surface area contributed by atoms with Gasteiger partial charge in [0.1, 0.15) is 11.6 Å². The number of halogens is 3. The monoisotopic (exact) mass is 190 g/mol. The van der Waals surface area contributed by atoms with Crippen LogP contribution in [0.2, 0.25) is 0 Å². The van der Waals surface area contributed by atoms with E-state index in [4.69, 9.17) is 0 Å². The Balaban J connectivity index is 2.59. The van der Waals surface area contributed by atoms with Crippen molar-refractivity contribution in [2.24, 2.45) is 0 Å². The molecule has 13 heavy (non-hydrogen) atoms. The lowest BCUT2D eigenvalue weighted by Gasteiger charge is -2.12. The van der Waals surface area contributed by atoms with Crippen molar-refractivity contribution in [3.05, 3.63) is 24.1 Å². The van der Waals surface area contributed by atoms with E-state index in [1.54, 1.807) is 0 Å². The molecule has 0 fully saturated rings. The van der Waals surface area contributed by atoms with Gasteiger partial charge < -0.3 is 5.32 Å². The Morgan fingerprint density at radius 2 is 2.08 bits per heavy atom. The summed E-state index contributed by atoms with van der Waals surface area (Å²) in [6.07, 6.45) is -1.49. The Hall–Kier alpha value is -1.26. The minimum absolute atomic E-state index is 0.245. The van der Waals surface area contributed by atoms with Gasteiger partial charge in [-0.1, -0.05) is 0 Å². The number of hydrogen-bond donors (Lipinski definition) is 1. The minimum Gasteiger partial charge on any atom is -0.362 e. The Bertz CT molecular complexity index is 261. The summed E-state index contributed by atoms with van der Waals surface area (Å²) in [5.74, 6) is -0.246. The van der Waals surface area contributed by atoms with Gasteiger partial charge in [0, 0.05) is 0 Å². The Labute approximate surface area is 73.8 Å². The van der Waals surface area contributed by atoms with Crippen LogP contribution in [-0.4, -0.2) is 17.5 Å². The van der Waals surface area contributed by atoms with Crippen LogP contribution in [-0.2, 0) is 0 Å². The first-order chi connectivity index (χ1) is 6.09. The molecule has 1 heterocycles. The summed E-state index contributed by atoms with van der Waals surface area (Å²) in [6.45, 7) is 1.33. The largest absolute Gasteiger partial charge is 0.362 e. The van der Waals surface area contributed by atoms with Crippen molar-refractivity contribution >= 4 is 5.82 Å². The summed E-state index contributed by atoms with van der Waals surface area (Å²) in [5.41, 5.74) is 0. The smallest absolute Gasteiger partial charge is 0.258 e. The van der Waals surface area contributed by atoms with Crippen LogP contribution in [0.4, 0.5) is 19.0 Å². The zero-order valence-electron chi connectivity index (χ0n) is 6.97. The molecule has 5 heteroatoms. The normalized spacial score (nSPS) is 13.0. The highest BCUT2D eigenvalue weighted by molar-refractivity contribution is 5.34. The summed E-state index contributed by atoms with van der Waals surface area (Å²) in [6, 6.07) is 1.49. The van der Waals surface area contributed by atoms with Gasteiger partial charge in [-0.15, -0.1) is 0 Å². The third kappa shape index (κ3) is 2.93. The summed E-state index contributed by atoms with van der Waals surface area (Å²) >= 11 is 0. The Morgan fingerprint density at radius 3 is 2.54 bits per heavy atom. The highest BCUT2D eigenvalue weighted by Gasteiger charge is 2.13. The first-order valence-corrected chi connectivity index (χ1v) is 3.76. The zero-order chi connectivity index (χ0) is 9.84. The predicted molar refractivity (Wildman–Crippen MR) is 43.3 cm³/mol. The maximum Gasteiger partial charge on any atom is 0.258 e. The van der Waals surface area contributed by atoms with Crippen LogP contribution in [0, 0.1) is 5.82 Å². The fourth-order valence-electron chi connectivity index (χ4n) is 0.757. The van der Waals surface area contributed by atoms with E-state index in [0.29, 0.717) is 0 Å². The molecule has 1 atom stereocenters. The maximum absolute atomic E-state index is 12.3. The van der Waals surface area contributed by atoms with Crippen LogP contribution >= 0.6 is 0 Å². The van der Waals surface area contributed by atoms with Crippen molar-refractivity contribution in [3.63, 3.8) is 0 Å². The first kappa shape index (κ1) is 9.83. The fourth-order valence-corrected chi connectivity index (χ4v) is 0.757. The topological polar surface area (TPSA) is 24.9 Å². The standard InChI is InChI=1S/C8H9F3N2/c1-5(8(10)11)13-7-3-2-6(9)4-12-7/h2-5,8H,1H3,(H,12,13). The molecule has 0 saturated heterocycles.